The van der Waals surface area contributed by atoms with E-state index in [-0.39, 0.29) is 5.57 Å². The summed E-state index contributed by atoms with van der Waals surface area (Å²) in [7, 11) is 0. The third-order valence-electron chi connectivity index (χ3n) is 2.84. The van der Waals surface area contributed by atoms with Gasteiger partial charge in [-0.15, -0.1) is 0 Å². The van der Waals surface area contributed by atoms with Crippen LogP contribution in [0, 0.1) is 11.3 Å². The van der Waals surface area contributed by atoms with Gasteiger partial charge in [-0.05, 0) is 5.56 Å². The van der Waals surface area contributed by atoms with Crippen molar-refractivity contribution in [2.45, 2.75) is 0 Å². The second kappa shape index (κ2) is 5.19. The maximum absolute atomic E-state index is 11.0. The zero-order chi connectivity index (χ0) is 13.8. The van der Waals surface area contributed by atoms with E-state index in [9.17, 15) is 10.1 Å². The minimum Gasteiger partial charge on any atom is -0.478 e. The van der Waals surface area contributed by atoms with Crippen molar-refractivity contribution in [3.05, 3.63) is 66.2 Å². The lowest BCUT2D eigenvalue weighted by atomic mass is 9.93. The van der Waals surface area contributed by atoms with E-state index in [1.807, 2.05) is 30.3 Å². The highest BCUT2D eigenvalue weighted by Gasteiger charge is 2.15. The van der Waals surface area contributed by atoms with Crippen LogP contribution in [0.15, 0.2) is 55.1 Å². The molecule has 0 aliphatic heterocycles. The monoisotopic (exact) mass is 249 g/mol. The van der Waals surface area contributed by atoms with E-state index in [1.54, 1.807) is 18.2 Å². The van der Waals surface area contributed by atoms with Crippen molar-refractivity contribution in [3.63, 3.8) is 0 Å². The Morgan fingerprint density at radius 3 is 2.37 bits per heavy atom. The SMILES string of the molecule is C=C(C(=O)O)c1cccc(-c2ccccc2)c1C#N. The average molecular weight is 249 g/mol. The minimum atomic E-state index is -1.12. The Labute approximate surface area is 111 Å². The Hall–Kier alpha value is -2.86. The Bertz CT molecular complexity index is 682. The third-order valence-corrected chi connectivity index (χ3v) is 2.84. The van der Waals surface area contributed by atoms with Gasteiger partial charge in [0, 0.05) is 11.1 Å². The molecule has 2 aromatic carbocycles. The zero-order valence-electron chi connectivity index (χ0n) is 10.1. The molecule has 3 nitrogen and oxygen atoms in total. The molecule has 0 amide bonds. The number of carboxylic acid groups (broad SMARTS) is 1. The van der Waals surface area contributed by atoms with Gasteiger partial charge in [-0.2, -0.15) is 5.26 Å². The fraction of sp³-hybridized carbons (Fsp3) is 0. The molecule has 3 heteroatoms. The highest BCUT2D eigenvalue weighted by Crippen LogP contribution is 2.28. The molecule has 2 rings (SSSR count). The van der Waals surface area contributed by atoms with Crippen molar-refractivity contribution in [3.8, 4) is 17.2 Å². The summed E-state index contributed by atoms with van der Waals surface area (Å²) in [4.78, 5) is 11.0. The van der Waals surface area contributed by atoms with E-state index in [0.29, 0.717) is 16.7 Å². The van der Waals surface area contributed by atoms with Gasteiger partial charge < -0.3 is 5.11 Å². The molecule has 0 aliphatic carbocycles. The highest BCUT2D eigenvalue weighted by molar-refractivity contribution is 6.15. The van der Waals surface area contributed by atoms with Crippen molar-refractivity contribution < 1.29 is 9.90 Å². The van der Waals surface area contributed by atoms with E-state index in [2.05, 4.69) is 12.6 Å². The maximum Gasteiger partial charge on any atom is 0.335 e. The van der Waals surface area contributed by atoms with Crippen molar-refractivity contribution in [1.82, 2.24) is 0 Å². The first-order valence-electron chi connectivity index (χ1n) is 5.66. The number of hydrogen-bond donors (Lipinski definition) is 1. The van der Waals surface area contributed by atoms with Crippen LogP contribution in [0.3, 0.4) is 0 Å². The predicted octanol–water partition coefficient (Wildman–Crippen LogP) is 3.32. The quantitative estimate of drug-likeness (QED) is 0.849. The molecular weight excluding hydrogens is 238 g/mol. The number of carboxylic acids is 1. The normalized spacial score (nSPS) is 9.63. The van der Waals surface area contributed by atoms with Crippen LogP contribution in [-0.4, -0.2) is 11.1 Å². The lowest BCUT2D eigenvalue weighted by molar-refractivity contribution is -0.130. The summed E-state index contributed by atoms with van der Waals surface area (Å²) >= 11 is 0. The van der Waals surface area contributed by atoms with Gasteiger partial charge in [0.15, 0.2) is 0 Å². The molecule has 0 bridgehead atoms. The topological polar surface area (TPSA) is 61.1 Å². The van der Waals surface area contributed by atoms with E-state index in [0.717, 1.165) is 5.56 Å². The third kappa shape index (κ3) is 2.38. The molecule has 0 saturated carbocycles. The molecule has 0 heterocycles. The second-order valence-corrected chi connectivity index (χ2v) is 3.99. The first-order chi connectivity index (χ1) is 9.15. The summed E-state index contributed by atoms with van der Waals surface area (Å²) < 4.78 is 0. The van der Waals surface area contributed by atoms with E-state index >= 15 is 0 Å². The van der Waals surface area contributed by atoms with Gasteiger partial charge in [0.2, 0.25) is 0 Å². The molecule has 0 atom stereocenters. The van der Waals surface area contributed by atoms with Crippen LogP contribution in [0.4, 0.5) is 0 Å². The summed E-state index contributed by atoms with van der Waals surface area (Å²) in [5, 5.41) is 18.3. The molecule has 0 radical (unpaired) electrons. The first kappa shape index (κ1) is 12.6. The number of nitriles is 1. The standard InChI is InChI=1S/C16H11NO2/c1-11(16(18)19)13-8-5-9-14(15(13)10-17)12-6-3-2-4-7-12/h2-9H,1H2,(H,18,19). The number of rotatable bonds is 3. The van der Waals surface area contributed by atoms with Gasteiger partial charge in [0.05, 0.1) is 11.1 Å². The van der Waals surface area contributed by atoms with Crippen LogP contribution in [0.1, 0.15) is 11.1 Å². The Kier molecular flexibility index (Phi) is 3.44. The molecule has 0 aliphatic rings. The van der Waals surface area contributed by atoms with Gasteiger partial charge in [0.1, 0.15) is 6.07 Å². The van der Waals surface area contributed by atoms with Crippen molar-refractivity contribution >= 4 is 11.5 Å². The van der Waals surface area contributed by atoms with Crippen LogP contribution in [0.2, 0.25) is 0 Å². The van der Waals surface area contributed by atoms with Gasteiger partial charge in [-0.3, -0.25) is 0 Å². The number of aliphatic carboxylic acids is 1. The lowest BCUT2D eigenvalue weighted by Gasteiger charge is -2.09. The lowest BCUT2D eigenvalue weighted by Crippen LogP contribution is -2.01. The summed E-state index contributed by atoms with van der Waals surface area (Å²) in [5.74, 6) is -1.12. The predicted molar refractivity (Wildman–Crippen MR) is 73.3 cm³/mol. The summed E-state index contributed by atoms with van der Waals surface area (Å²) in [6.45, 7) is 3.52. The second-order valence-electron chi connectivity index (χ2n) is 3.99. The van der Waals surface area contributed by atoms with E-state index in [1.165, 1.54) is 0 Å². The number of benzene rings is 2. The molecule has 19 heavy (non-hydrogen) atoms. The van der Waals surface area contributed by atoms with Gasteiger partial charge in [0.25, 0.3) is 0 Å². The van der Waals surface area contributed by atoms with Crippen LogP contribution in [0.5, 0.6) is 0 Å². The van der Waals surface area contributed by atoms with Crippen LogP contribution in [-0.2, 0) is 4.79 Å². The molecule has 0 aromatic heterocycles. The smallest absolute Gasteiger partial charge is 0.335 e. The van der Waals surface area contributed by atoms with E-state index in [4.69, 9.17) is 5.11 Å². The molecule has 0 saturated heterocycles. The molecule has 1 N–H and O–H groups in total. The Morgan fingerprint density at radius 1 is 1.11 bits per heavy atom. The van der Waals surface area contributed by atoms with Crippen LogP contribution < -0.4 is 0 Å². The van der Waals surface area contributed by atoms with Crippen LogP contribution in [0.25, 0.3) is 16.7 Å². The summed E-state index contributed by atoms with van der Waals surface area (Å²) in [6, 6.07) is 16.6. The van der Waals surface area contributed by atoms with Gasteiger partial charge in [-0.25, -0.2) is 4.79 Å². The zero-order valence-corrected chi connectivity index (χ0v) is 10.1. The minimum absolute atomic E-state index is 0.0747. The Morgan fingerprint density at radius 2 is 1.79 bits per heavy atom. The maximum atomic E-state index is 11.0. The van der Waals surface area contributed by atoms with Crippen molar-refractivity contribution in [2.75, 3.05) is 0 Å². The summed E-state index contributed by atoms with van der Waals surface area (Å²) in [6.07, 6.45) is 0. The average Bonchev–Trinajstić information content (AvgIpc) is 2.46. The number of carbonyl (C=O) groups is 1. The van der Waals surface area contributed by atoms with Crippen molar-refractivity contribution in [2.24, 2.45) is 0 Å². The Balaban J connectivity index is 2.66. The molecule has 2 aromatic rings. The van der Waals surface area contributed by atoms with Gasteiger partial charge in [-0.1, -0.05) is 55.1 Å². The van der Waals surface area contributed by atoms with E-state index < -0.39 is 5.97 Å². The first-order valence-corrected chi connectivity index (χ1v) is 5.66. The molecular formula is C16H11NO2. The van der Waals surface area contributed by atoms with Crippen LogP contribution >= 0.6 is 0 Å². The molecule has 0 fully saturated rings. The number of hydrogen-bond acceptors (Lipinski definition) is 2. The van der Waals surface area contributed by atoms with Crippen molar-refractivity contribution in [1.29, 1.82) is 5.26 Å². The highest BCUT2D eigenvalue weighted by atomic mass is 16.4. The summed E-state index contributed by atoms with van der Waals surface area (Å²) in [5.41, 5.74) is 2.20. The molecule has 0 unspecified atom stereocenters. The molecule has 92 valence electrons. The fourth-order valence-electron chi connectivity index (χ4n) is 1.90. The largest absolute Gasteiger partial charge is 0.478 e. The van der Waals surface area contributed by atoms with Gasteiger partial charge >= 0.3 is 5.97 Å². The molecule has 0 spiro atoms. The number of nitrogens with zero attached hydrogens (tertiary/aromatic N) is 1. The fourth-order valence-corrected chi connectivity index (χ4v) is 1.90.